The number of hydrogen-bond donors (Lipinski definition) is 1. The van der Waals surface area contributed by atoms with Crippen molar-refractivity contribution in [2.24, 2.45) is 0 Å². The molecule has 0 aromatic heterocycles. The molecule has 0 spiro atoms. The second-order valence-corrected chi connectivity index (χ2v) is 4.57. The number of nitrogens with zero attached hydrogens (tertiary/aromatic N) is 1. The van der Waals surface area contributed by atoms with Crippen LogP contribution in [-0.4, -0.2) is 49.3 Å². The first kappa shape index (κ1) is 12.9. The van der Waals surface area contributed by atoms with Crippen LogP contribution in [0.25, 0.3) is 0 Å². The molecule has 2 unspecified atom stereocenters. The van der Waals surface area contributed by atoms with Crippen LogP contribution in [0.4, 0.5) is 0 Å². The van der Waals surface area contributed by atoms with Crippen molar-refractivity contribution < 1.29 is 4.74 Å². The number of morpholine rings is 1. The highest BCUT2D eigenvalue weighted by atomic mass is 16.5. The van der Waals surface area contributed by atoms with E-state index in [4.69, 9.17) is 4.74 Å². The highest BCUT2D eigenvalue weighted by Crippen LogP contribution is 2.13. The molecule has 15 heavy (non-hydrogen) atoms. The zero-order chi connectivity index (χ0) is 11.3. The van der Waals surface area contributed by atoms with E-state index in [2.05, 4.69) is 37.9 Å². The lowest BCUT2D eigenvalue weighted by atomic mass is 10.1. The van der Waals surface area contributed by atoms with Crippen LogP contribution < -0.4 is 5.32 Å². The third kappa shape index (κ3) is 3.74. The van der Waals surface area contributed by atoms with Crippen LogP contribution in [0.1, 0.15) is 34.1 Å². The number of nitrogens with one attached hydrogen (secondary N) is 1. The minimum absolute atomic E-state index is 0.367. The largest absolute Gasteiger partial charge is 0.374 e. The molecule has 0 radical (unpaired) electrons. The predicted molar refractivity (Wildman–Crippen MR) is 64.2 cm³/mol. The van der Waals surface area contributed by atoms with Gasteiger partial charge in [0.25, 0.3) is 0 Å². The molecule has 90 valence electrons. The van der Waals surface area contributed by atoms with Gasteiger partial charge in [-0.2, -0.15) is 0 Å². The van der Waals surface area contributed by atoms with Crippen LogP contribution in [-0.2, 0) is 4.74 Å². The maximum atomic E-state index is 5.86. The average Bonchev–Trinajstić information content (AvgIpc) is 2.26. The molecule has 1 N–H and O–H groups in total. The number of ether oxygens (including phenoxy) is 1. The van der Waals surface area contributed by atoms with Crippen molar-refractivity contribution in [2.45, 2.75) is 52.3 Å². The van der Waals surface area contributed by atoms with E-state index in [9.17, 15) is 0 Å². The molecule has 0 bridgehead atoms. The molecule has 0 aliphatic carbocycles. The molecule has 0 aromatic carbocycles. The second kappa shape index (κ2) is 6.46. The van der Waals surface area contributed by atoms with Gasteiger partial charge in [-0.05, 0) is 26.8 Å². The Labute approximate surface area is 94.2 Å². The maximum Gasteiger partial charge on any atom is 0.0855 e. The molecule has 3 nitrogen and oxygen atoms in total. The Morgan fingerprint density at radius 3 is 2.67 bits per heavy atom. The number of likely N-dealkylation sites (N-methyl/N-ethyl adjacent to an activating group) is 1. The van der Waals surface area contributed by atoms with Gasteiger partial charge in [0, 0.05) is 25.2 Å². The smallest absolute Gasteiger partial charge is 0.0855 e. The van der Waals surface area contributed by atoms with Gasteiger partial charge in [0.2, 0.25) is 0 Å². The first-order chi connectivity index (χ1) is 7.19. The summed E-state index contributed by atoms with van der Waals surface area (Å²) in [5, 5.41) is 3.51. The van der Waals surface area contributed by atoms with Gasteiger partial charge >= 0.3 is 0 Å². The molecule has 1 fully saturated rings. The summed E-state index contributed by atoms with van der Waals surface area (Å²) in [5.74, 6) is 0. The van der Waals surface area contributed by atoms with E-state index in [0.717, 1.165) is 32.7 Å². The molecule has 2 atom stereocenters. The summed E-state index contributed by atoms with van der Waals surface area (Å²) in [4.78, 5) is 2.51. The molecule has 0 amide bonds. The molecule has 1 heterocycles. The van der Waals surface area contributed by atoms with Gasteiger partial charge in [-0.25, -0.2) is 0 Å². The molecular weight excluding hydrogens is 188 g/mol. The molecular formula is C12H26N2O. The fourth-order valence-corrected chi connectivity index (χ4v) is 2.21. The Balaban J connectivity index is 2.46. The summed E-state index contributed by atoms with van der Waals surface area (Å²) >= 11 is 0. The van der Waals surface area contributed by atoms with Crippen molar-refractivity contribution in [3.63, 3.8) is 0 Å². The van der Waals surface area contributed by atoms with Crippen molar-refractivity contribution in [3.8, 4) is 0 Å². The van der Waals surface area contributed by atoms with E-state index < -0.39 is 0 Å². The first-order valence-electron chi connectivity index (χ1n) is 6.28. The SMILES string of the molecule is CCNC(CC)C1CN(C(C)C)CCO1. The molecule has 0 aromatic rings. The zero-order valence-electron chi connectivity index (χ0n) is 10.6. The summed E-state index contributed by atoms with van der Waals surface area (Å²) in [6.07, 6.45) is 1.51. The van der Waals surface area contributed by atoms with Crippen molar-refractivity contribution >= 4 is 0 Å². The summed E-state index contributed by atoms with van der Waals surface area (Å²) < 4.78 is 5.86. The van der Waals surface area contributed by atoms with Crippen LogP contribution in [0, 0.1) is 0 Å². The van der Waals surface area contributed by atoms with E-state index in [1.165, 1.54) is 0 Å². The van der Waals surface area contributed by atoms with E-state index >= 15 is 0 Å². The Bertz CT molecular complexity index is 173. The van der Waals surface area contributed by atoms with Crippen molar-refractivity contribution in [1.82, 2.24) is 10.2 Å². The minimum Gasteiger partial charge on any atom is -0.374 e. The normalized spacial score (nSPS) is 25.8. The second-order valence-electron chi connectivity index (χ2n) is 4.57. The number of rotatable bonds is 5. The van der Waals surface area contributed by atoms with Gasteiger partial charge in [-0.3, -0.25) is 4.90 Å². The summed E-state index contributed by atoms with van der Waals surface area (Å²) in [5.41, 5.74) is 0. The highest BCUT2D eigenvalue weighted by molar-refractivity contribution is 4.83. The predicted octanol–water partition coefficient (Wildman–Crippen LogP) is 1.48. The quantitative estimate of drug-likeness (QED) is 0.750. The van der Waals surface area contributed by atoms with Crippen LogP contribution in [0.3, 0.4) is 0 Å². The lowest BCUT2D eigenvalue weighted by Gasteiger charge is -2.39. The van der Waals surface area contributed by atoms with E-state index in [-0.39, 0.29) is 0 Å². The van der Waals surface area contributed by atoms with Crippen molar-refractivity contribution in [1.29, 1.82) is 0 Å². The van der Waals surface area contributed by atoms with E-state index in [1.54, 1.807) is 0 Å². The van der Waals surface area contributed by atoms with Gasteiger partial charge < -0.3 is 10.1 Å². The molecule has 0 saturated carbocycles. The molecule has 1 aliphatic heterocycles. The van der Waals surface area contributed by atoms with Crippen molar-refractivity contribution in [3.05, 3.63) is 0 Å². The molecule has 3 heteroatoms. The fraction of sp³-hybridized carbons (Fsp3) is 1.00. The maximum absolute atomic E-state index is 5.86. The first-order valence-corrected chi connectivity index (χ1v) is 6.28. The molecule has 1 saturated heterocycles. The lowest BCUT2D eigenvalue weighted by Crippen LogP contribution is -2.53. The minimum atomic E-state index is 0.367. The lowest BCUT2D eigenvalue weighted by molar-refractivity contribution is -0.0555. The molecule has 1 aliphatic rings. The summed E-state index contributed by atoms with van der Waals surface area (Å²) in [6, 6.07) is 1.15. The van der Waals surface area contributed by atoms with Crippen LogP contribution in [0.2, 0.25) is 0 Å². The zero-order valence-corrected chi connectivity index (χ0v) is 10.6. The molecule has 1 rings (SSSR count). The average molecular weight is 214 g/mol. The summed E-state index contributed by atoms with van der Waals surface area (Å²) in [6.45, 7) is 13.0. The van der Waals surface area contributed by atoms with E-state index in [0.29, 0.717) is 18.2 Å². The van der Waals surface area contributed by atoms with E-state index in [1.807, 2.05) is 0 Å². The van der Waals surface area contributed by atoms with Gasteiger partial charge in [-0.15, -0.1) is 0 Å². The monoisotopic (exact) mass is 214 g/mol. The highest BCUT2D eigenvalue weighted by Gasteiger charge is 2.27. The topological polar surface area (TPSA) is 24.5 Å². The summed E-state index contributed by atoms with van der Waals surface area (Å²) in [7, 11) is 0. The van der Waals surface area contributed by atoms with Gasteiger partial charge in [0.1, 0.15) is 0 Å². The van der Waals surface area contributed by atoms with Gasteiger partial charge in [-0.1, -0.05) is 13.8 Å². The van der Waals surface area contributed by atoms with Gasteiger partial charge in [0.05, 0.1) is 12.7 Å². The third-order valence-corrected chi connectivity index (χ3v) is 3.21. The van der Waals surface area contributed by atoms with Crippen LogP contribution in [0.15, 0.2) is 0 Å². The Kier molecular flexibility index (Phi) is 5.58. The Morgan fingerprint density at radius 1 is 1.40 bits per heavy atom. The third-order valence-electron chi connectivity index (χ3n) is 3.21. The Hall–Kier alpha value is -0.120. The standard InChI is InChI=1S/C12H26N2O/c1-5-11(13-6-2)12-9-14(10(3)4)7-8-15-12/h10-13H,5-9H2,1-4H3. The van der Waals surface area contributed by atoms with Gasteiger partial charge in [0.15, 0.2) is 0 Å². The Morgan fingerprint density at radius 2 is 2.13 bits per heavy atom. The van der Waals surface area contributed by atoms with Crippen molar-refractivity contribution in [2.75, 3.05) is 26.2 Å². The van der Waals surface area contributed by atoms with Crippen LogP contribution >= 0.6 is 0 Å². The number of hydrogen-bond acceptors (Lipinski definition) is 3. The fourth-order valence-electron chi connectivity index (χ4n) is 2.21. The van der Waals surface area contributed by atoms with Crippen LogP contribution in [0.5, 0.6) is 0 Å².